The lowest BCUT2D eigenvalue weighted by molar-refractivity contribution is -0.119. The second-order valence-corrected chi connectivity index (χ2v) is 7.56. The predicted molar refractivity (Wildman–Crippen MR) is 95.4 cm³/mol. The van der Waals surface area contributed by atoms with Gasteiger partial charge >= 0.3 is 5.97 Å². The van der Waals surface area contributed by atoms with E-state index in [0.717, 1.165) is 37.3 Å². The van der Waals surface area contributed by atoms with Gasteiger partial charge < -0.3 is 10.1 Å². The molecule has 1 heterocycles. The van der Waals surface area contributed by atoms with Gasteiger partial charge in [0.15, 0.2) is 24.1 Å². The van der Waals surface area contributed by atoms with Crippen LogP contribution in [-0.2, 0) is 22.4 Å². The minimum absolute atomic E-state index is 0.420. The molecule has 144 valence electrons. The molecular formula is C19H18F3NO3S. The fourth-order valence-corrected chi connectivity index (χ4v) is 4.16. The lowest BCUT2D eigenvalue weighted by atomic mass is 9.87. The van der Waals surface area contributed by atoms with Crippen molar-refractivity contribution in [2.45, 2.75) is 32.6 Å². The zero-order chi connectivity index (χ0) is 19.6. The van der Waals surface area contributed by atoms with Crippen LogP contribution < -0.4 is 5.32 Å². The van der Waals surface area contributed by atoms with Gasteiger partial charge in [-0.05, 0) is 48.9 Å². The largest absolute Gasteiger partial charge is 0.451 e. The first-order valence-corrected chi connectivity index (χ1v) is 9.42. The molecule has 1 aliphatic carbocycles. The molecule has 0 spiro atoms. The van der Waals surface area contributed by atoms with Gasteiger partial charge in [-0.15, -0.1) is 11.3 Å². The summed E-state index contributed by atoms with van der Waals surface area (Å²) in [4.78, 5) is 25.6. The molecule has 1 aromatic heterocycles. The van der Waals surface area contributed by atoms with Crippen molar-refractivity contribution in [3.05, 3.63) is 51.0 Å². The van der Waals surface area contributed by atoms with Gasteiger partial charge in [0.25, 0.3) is 5.91 Å². The van der Waals surface area contributed by atoms with Gasteiger partial charge in [0.05, 0.1) is 5.69 Å². The Labute approximate surface area is 158 Å². The van der Waals surface area contributed by atoms with E-state index >= 15 is 0 Å². The number of hydrogen-bond acceptors (Lipinski definition) is 4. The third kappa shape index (κ3) is 4.32. The average Bonchev–Trinajstić information content (AvgIpc) is 3.09. The number of fused-ring (bicyclic) bond motifs is 1. The highest BCUT2D eigenvalue weighted by atomic mass is 32.1. The van der Waals surface area contributed by atoms with Crippen molar-refractivity contribution >= 4 is 28.9 Å². The molecule has 1 aromatic carbocycles. The van der Waals surface area contributed by atoms with Crippen LogP contribution >= 0.6 is 11.3 Å². The van der Waals surface area contributed by atoms with Gasteiger partial charge in [-0.3, -0.25) is 4.79 Å². The molecule has 1 N–H and O–H groups in total. The normalized spacial score (nSPS) is 15.9. The average molecular weight is 397 g/mol. The van der Waals surface area contributed by atoms with Crippen molar-refractivity contribution in [1.29, 1.82) is 0 Å². The summed E-state index contributed by atoms with van der Waals surface area (Å²) in [5, 5.41) is 2.05. The summed E-state index contributed by atoms with van der Waals surface area (Å²) >= 11 is 1.36. The Bertz CT molecular complexity index is 881. The first-order valence-electron chi connectivity index (χ1n) is 8.61. The number of rotatable bonds is 5. The topological polar surface area (TPSA) is 55.4 Å². The van der Waals surface area contributed by atoms with Crippen LogP contribution in [0.4, 0.5) is 18.9 Å². The molecule has 0 radical (unpaired) electrons. The van der Waals surface area contributed by atoms with Crippen LogP contribution in [-0.4, -0.2) is 18.5 Å². The zero-order valence-corrected chi connectivity index (χ0v) is 15.4. The summed E-state index contributed by atoms with van der Waals surface area (Å²) in [6, 6.07) is 3.39. The summed E-state index contributed by atoms with van der Waals surface area (Å²) in [5.41, 5.74) is 0.630. The number of esters is 1. The molecule has 1 aliphatic rings. The number of amides is 1. The van der Waals surface area contributed by atoms with Crippen molar-refractivity contribution in [2.24, 2.45) is 5.92 Å². The Morgan fingerprint density at radius 1 is 1.26 bits per heavy atom. The van der Waals surface area contributed by atoms with E-state index in [1.807, 2.05) is 0 Å². The number of benzene rings is 1. The Balaban J connectivity index is 1.57. The molecule has 0 unspecified atom stereocenters. The monoisotopic (exact) mass is 397 g/mol. The second-order valence-electron chi connectivity index (χ2n) is 6.42. The zero-order valence-electron chi connectivity index (χ0n) is 14.6. The van der Waals surface area contributed by atoms with Crippen LogP contribution in [0.25, 0.3) is 0 Å². The van der Waals surface area contributed by atoms with E-state index < -0.39 is 41.6 Å². The van der Waals surface area contributed by atoms with Gasteiger partial charge in [-0.2, -0.15) is 0 Å². The van der Waals surface area contributed by atoms with Crippen molar-refractivity contribution in [2.75, 3.05) is 11.9 Å². The molecule has 0 aliphatic heterocycles. The van der Waals surface area contributed by atoms with Crippen LogP contribution in [0.2, 0.25) is 0 Å². The molecule has 1 amide bonds. The van der Waals surface area contributed by atoms with E-state index in [0.29, 0.717) is 16.9 Å². The molecule has 0 fully saturated rings. The van der Waals surface area contributed by atoms with Gasteiger partial charge in [-0.25, -0.2) is 18.0 Å². The number of anilines is 1. The lowest BCUT2D eigenvalue weighted by Crippen LogP contribution is -2.21. The number of carbonyl (C=O) groups is 2. The molecule has 0 saturated heterocycles. The molecule has 27 heavy (non-hydrogen) atoms. The fraction of sp³-hybridized carbons (Fsp3) is 0.368. The summed E-state index contributed by atoms with van der Waals surface area (Å²) in [5.74, 6) is -5.41. The van der Waals surface area contributed by atoms with E-state index in [4.69, 9.17) is 4.74 Å². The van der Waals surface area contributed by atoms with Gasteiger partial charge in [-0.1, -0.05) is 13.3 Å². The van der Waals surface area contributed by atoms with Gasteiger partial charge in [0, 0.05) is 4.88 Å². The Morgan fingerprint density at radius 3 is 2.78 bits per heavy atom. The maximum Gasteiger partial charge on any atom is 0.348 e. The van der Waals surface area contributed by atoms with Crippen molar-refractivity contribution in [1.82, 2.24) is 0 Å². The summed E-state index contributed by atoms with van der Waals surface area (Å²) < 4.78 is 44.5. The van der Waals surface area contributed by atoms with Crippen LogP contribution in [0, 0.1) is 23.4 Å². The first-order chi connectivity index (χ1) is 12.9. The summed E-state index contributed by atoms with van der Waals surface area (Å²) in [6.45, 7) is 1.49. The van der Waals surface area contributed by atoms with E-state index in [9.17, 15) is 22.8 Å². The summed E-state index contributed by atoms with van der Waals surface area (Å²) in [7, 11) is 0. The smallest absolute Gasteiger partial charge is 0.348 e. The van der Waals surface area contributed by atoms with E-state index in [1.54, 1.807) is 6.07 Å². The van der Waals surface area contributed by atoms with Crippen molar-refractivity contribution < 1.29 is 27.5 Å². The minimum Gasteiger partial charge on any atom is -0.451 e. The second kappa shape index (κ2) is 8.12. The molecule has 4 nitrogen and oxygen atoms in total. The lowest BCUT2D eigenvalue weighted by Gasteiger charge is -2.19. The fourth-order valence-electron chi connectivity index (χ4n) is 3.06. The number of halogens is 3. The Kier molecular flexibility index (Phi) is 5.84. The Morgan fingerprint density at radius 2 is 2.04 bits per heavy atom. The predicted octanol–water partition coefficient (Wildman–Crippen LogP) is 4.48. The van der Waals surface area contributed by atoms with E-state index in [-0.39, 0.29) is 0 Å². The number of hydrogen-bond donors (Lipinski definition) is 1. The highest BCUT2D eigenvalue weighted by molar-refractivity contribution is 7.14. The Hall–Kier alpha value is -2.35. The number of nitrogens with one attached hydrogen (secondary N) is 1. The van der Waals surface area contributed by atoms with Gasteiger partial charge in [0.2, 0.25) is 0 Å². The SMILES string of the molecule is CC[C@@H]1CCc2sc(C(=O)OCC(=O)Nc3ccc(F)c(F)c3F)cc2C1. The number of thiophene rings is 1. The molecule has 1 atom stereocenters. The maximum absolute atomic E-state index is 13.5. The number of aryl methyl sites for hydroxylation is 1. The van der Waals surface area contributed by atoms with Crippen molar-refractivity contribution in [3.8, 4) is 0 Å². The molecule has 8 heteroatoms. The van der Waals surface area contributed by atoms with E-state index in [1.165, 1.54) is 16.2 Å². The molecule has 0 saturated carbocycles. The molecule has 0 bridgehead atoms. The summed E-state index contributed by atoms with van der Waals surface area (Å²) in [6.07, 6.45) is 4.06. The highest BCUT2D eigenvalue weighted by Crippen LogP contribution is 2.33. The quantitative estimate of drug-likeness (QED) is 0.598. The van der Waals surface area contributed by atoms with E-state index in [2.05, 4.69) is 12.2 Å². The van der Waals surface area contributed by atoms with Gasteiger partial charge in [0.1, 0.15) is 4.88 Å². The third-order valence-electron chi connectivity index (χ3n) is 4.61. The third-order valence-corrected chi connectivity index (χ3v) is 5.82. The maximum atomic E-state index is 13.5. The molecule has 3 rings (SSSR count). The van der Waals surface area contributed by atoms with Crippen LogP contribution in [0.3, 0.4) is 0 Å². The van der Waals surface area contributed by atoms with Crippen LogP contribution in [0.5, 0.6) is 0 Å². The van der Waals surface area contributed by atoms with Crippen LogP contribution in [0.15, 0.2) is 18.2 Å². The first kappa shape index (κ1) is 19.4. The molecule has 2 aromatic rings. The number of carbonyl (C=O) groups excluding carboxylic acids is 2. The van der Waals surface area contributed by atoms with Crippen molar-refractivity contribution in [3.63, 3.8) is 0 Å². The standard InChI is InChI=1S/C19H18F3NO3S/c1-2-10-3-6-14-11(7-10)8-15(27-14)19(25)26-9-16(24)23-13-5-4-12(20)17(21)18(13)22/h4-5,8,10H,2-3,6-7,9H2,1H3,(H,23,24)/t10-/m1/s1. The highest BCUT2D eigenvalue weighted by Gasteiger charge is 2.23. The molecular weight excluding hydrogens is 379 g/mol. The number of ether oxygens (including phenoxy) is 1. The minimum atomic E-state index is -1.68. The van der Waals surface area contributed by atoms with Crippen LogP contribution in [0.1, 0.15) is 39.9 Å².